The summed E-state index contributed by atoms with van der Waals surface area (Å²) < 4.78 is 28.2. The predicted molar refractivity (Wildman–Crippen MR) is 84.7 cm³/mol. The van der Waals surface area contributed by atoms with Crippen LogP contribution >= 0.6 is 0 Å². The maximum absolute atomic E-state index is 11.9. The van der Waals surface area contributed by atoms with Crippen molar-refractivity contribution in [3.63, 3.8) is 0 Å². The third kappa shape index (κ3) is 4.19. The lowest BCUT2D eigenvalue weighted by Crippen LogP contribution is -2.33. The smallest absolute Gasteiger partial charge is 0.341 e. The summed E-state index contributed by atoms with van der Waals surface area (Å²) in [5.41, 5.74) is 0.412. The van der Waals surface area contributed by atoms with E-state index in [1.807, 2.05) is 0 Å². The molecular weight excluding hydrogens is 304 g/mol. The third-order valence-corrected chi connectivity index (χ3v) is 5.61. The van der Waals surface area contributed by atoms with Crippen LogP contribution in [0.25, 0.3) is 0 Å². The molecular formula is C15H22N2O4S. The molecule has 1 saturated carbocycles. The maximum Gasteiger partial charge on any atom is 0.341 e. The number of anilines is 1. The van der Waals surface area contributed by atoms with Crippen molar-refractivity contribution in [3.05, 3.63) is 23.9 Å². The molecule has 0 saturated heterocycles. The summed E-state index contributed by atoms with van der Waals surface area (Å²) in [5, 5.41) is 3.00. The quantitative estimate of drug-likeness (QED) is 0.833. The zero-order chi connectivity index (χ0) is 16.2. The fraction of sp³-hybridized carbons (Fsp3) is 0.600. The second kappa shape index (κ2) is 7.09. The number of nitrogens with one attached hydrogen (secondary N) is 1. The molecule has 1 N–H and O–H groups in total. The first-order valence-corrected chi connectivity index (χ1v) is 9.44. The van der Waals surface area contributed by atoms with E-state index in [-0.39, 0.29) is 11.3 Å². The molecule has 0 atom stereocenters. The van der Waals surface area contributed by atoms with E-state index < -0.39 is 15.8 Å². The van der Waals surface area contributed by atoms with Gasteiger partial charge in [-0.25, -0.2) is 18.2 Å². The van der Waals surface area contributed by atoms with Gasteiger partial charge in [-0.05, 0) is 44.7 Å². The second-order valence-corrected chi connectivity index (χ2v) is 7.89. The molecule has 0 aliphatic heterocycles. The Labute approximate surface area is 131 Å². The van der Waals surface area contributed by atoms with E-state index in [0.29, 0.717) is 30.8 Å². The number of sulfone groups is 1. The fourth-order valence-electron chi connectivity index (χ4n) is 2.72. The van der Waals surface area contributed by atoms with Crippen LogP contribution in [0.5, 0.6) is 0 Å². The van der Waals surface area contributed by atoms with Crippen LogP contribution in [0.4, 0.5) is 5.82 Å². The van der Waals surface area contributed by atoms with Crippen molar-refractivity contribution in [2.75, 3.05) is 18.2 Å². The summed E-state index contributed by atoms with van der Waals surface area (Å²) in [5.74, 6) is 0.103. The average Bonchev–Trinajstić information content (AvgIpc) is 2.47. The van der Waals surface area contributed by atoms with Crippen LogP contribution in [-0.4, -0.2) is 43.5 Å². The zero-order valence-corrected chi connectivity index (χ0v) is 13.7. The van der Waals surface area contributed by atoms with E-state index >= 15 is 0 Å². The molecule has 1 aromatic rings. The molecule has 1 fully saturated rings. The highest BCUT2D eigenvalue weighted by Gasteiger charge is 2.28. The molecule has 1 aromatic heterocycles. The molecule has 6 nitrogen and oxygen atoms in total. The molecule has 7 heteroatoms. The summed E-state index contributed by atoms with van der Waals surface area (Å²) in [6.07, 6.45) is 5.68. The minimum Gasteiger partial charge on any atom is -0.462 e. The summed E-state index contributed by atoms with van der Waals surface area (Å²) in [4.78, 5) is 16.1. The van der Waals surface area contributed by atoms with Gasteiger partial charge in [-0.1, -0.05) is 0 Å². The SMILES string of the molecule is CCOC(=O)c1cccnc1NC1CCC(S(C)(=O)=O)CC1. The van der Waals surface area contributed by atoms with Crippen LogP contribution in [0.15, 0.2) is 18.3 Å². The van der Waals surface area contributed by atoms with Crippen molar-refractivity contribution in [2.45, 2.75) is 43.9 Å². The van der Waals surface area contributed by atoms with Gasteiger partial charge in [0, 0.05) is 18.5 Å². The molecule has 2 rings (SSSR count). The number of carbonyl (C=O) groups excluding carboxylic acids is 1. The summed E-state index contributed by atoms with van der Waals surface area (Å²) >= 11 is 0. The van der Waals surface area contributed by atoms with Gasteiger partial charge in [0.2, 0.25) is 0 Å². The van der Waals surface area contributed by atoms with E-state index in [2.05, 4.69) is 10.3 Å². The first-order valence-electron chi connectivity index (χ1n) is 7.49. The highest BCUT2D eigenvalue weighted by Crippen LogP contribution is 2.26. The lowest BCUT2D eigenvalue weighted by molar-refractivity contribution is 0.0527. The Morgan fingerprint density at radius 3 is 2.64 bits per heavy atom. The molecule has 0 amide bonds. The van der Waals surface area contributed by atoms with E-state index in [9.17, 15) is 13.2 Å². The Balaban J connectivity index is 2.02. The van der Waals surface area contributed by atoms with Gasteiger partial charge in [0.1, 0.15) is 21.2 Å². The minimum absolute atomic E-state index is 0.126. The first kappa shape index (κ1) is 16.7. The summed E-state index contributed by atoms with van der Waals surface area (Å²) in [6.45, 7) is 2.07. The van der Waals surface area contributed by atoms with Gasteiger partial charge in [0.15, 0.2) is 0 Å². The lowest BCUT2D eigenvalue weighted by Gasteiger charge is -2.28. The van der Waals surface area contributed by atoms with Gasteiger partial charge in [-0.15, -0.1) is 0 Å². The van der Waals surface area contributed by atoms with Crippen LogP contribution in [0, 0.1) is 0 Å². The topological polar surface area (TPSA) is 85.4 Å². The number of pyridine rings is 1. The van der Waals surface area contributed by atoms with Crippen LogP contribution in [0.3, 0.4) is 0 Å². The lowest BCUT2D eigenvalue weighted by atomic mass is 9.95. The number of ether oxygens (including phenoxy) is 1. The molecule has 1 aliphatic rings. The summed E-state index contributed by atoms with van der Waals surface area (Å²) in [7, 11) is -2.97. The molecule has 0 spiro atoms. The largest absolute Gasteiger partial charge is 0.462 e. The van der Waals surface area contributed by atoms with Gasteiger partial charge in [-0.3, -0.25) is 0 Å². The molecule has 0 aromatic carbocycles. The molecule has 1 heterocycles. The van der Waals surface area contributed by atoms with E-state index in [1.165, 1.54) is 6.26 Å². The number of aromatic nitrogens is 1. The summed E-state index contributed by atoms with van der Waals surface area (Å²) in [6, 6.07) is 3.49. The van der Waals surface area contributed by atoms with Crippen molar-refractivity contribution in [3.8, 4) is 0 Å². The first-order chi connectivity index (χ1) is 10.4. The molecule has 0 bridgehead atoms. The van der Waals surface area contributed by atoms with Crippen molar-refractivity contribution in [1.29, 1.82) is 0 Å². The van der Waals surface area contributed by atoms with Crippen molar-refractivity contribution < 1.29 is 17.9 Å². The molecule has 1 aliphatic carbocycles. The van der Waals surface area contributed by atoms with E-state index in [4.69, 9.17) is 4.74 Å². The fourth-order valence-corrected chi connectivity index (χ4v) is 3.85. The van der Waals surface area contributed by atoms with Crippen molar-refractivity contribution >= 4 is 21.6 Å². The number of esters is 1. The van der Waals surface area contributed by atoms with Gasteiger partial charge >= 0.3 is 5.97 Å². The van der Waals surface area contributed by atoms with Gasteiger partial charge in [0.05, 0.1) is 11.9 Å². The molecule has 0 radical (unpaired) electrons. The monoisotopic (exact) mass is 326 g/mol. The van der Waals surface area contributed by atoms with E-state index in [0.717, 1.165) is 12.8 Å². The number of hydrogen-bond acceptors (Lipinski definition) is 6. The second-order valence-electron chi connectivity index (χ2n) is 5.57. The third-order valence-electron chi connectivity index (χ3n) is 3.92. The van der Waals surface area contributed by atoms with Crippen LogP contribution in [-0.2, 0) is 14.6 Å². The van der Waals surface area contributed by atoms with Crippen molar-refractivity contribution in [2.24, 2.45) is 0 Å². The highest BCUT2D eigenvalue weighted by molar-refractivity contribution is 7.91. The Kier molecular flexibility index (Phi) is 5.39. The zero-order valence-electron chi connectivity index (χ0n) is 12.9. The number of carbonyl (C=O) groups is 1. The molecule has 22 heavy (non-hydrogen) atoms. The maximum atomic E-state index is 11.9. The van der Waals surface area contributed by atoms with Crippen LogP contribution in [0.1, 0.15) is 43.0 Å². The standard InChI is InChI=1S/C15H22N2O4S/c1-3-21-15(18)13-5-4-10-16-14(13)17-11-6-8-12(9-7-11)22(2,19)20/h4-5,10-12H,3,6-9H2,1-2H3,(H,16,17). The van der Waals surface area contributed by atoms with E-state index in [1.54, 1.807) is 25.3 Å². The van der Waals surface area contributed by atoms with Gasteiger partial charge < -0.3 is 10.1 Å². The normalized spacial score (nSPS) is 22.1. The van der Waals surface area contributed by atoms with Crippen LogP contribution in [0.2, 0.25) is 0 Å². The van der Waals surface area contributed by atoms with Crippen molar-refractivity contribution in [1.82, 2.24) is 4.98 Å². The van der Waals surface area contributed by atoms with Crippen LogP contribution < -0.4 is 5.32 Å². The Morgan fingerprint density at radius 2 is 2.05 bits per heavy atom. The number of rotatable bonds is 5. The van der Waals surface area contributed by atoms with Gasteiger partial charge in [0.25, 0.3) is 0 Å². The highest BCUT2D eigenvalue weighted by atomic mass is 32.2. The molecule has 122 valence electrons. The Morgan fingerprint density at radius 1 is 1.36 bits per heavy atom. The minimum atomic E-state index is -2.97. The average molecular weight is 326 g/mol. The number of nitrogens with zero attached hydrogens (tertiary/aromatic N) is 1. The predicted octanol–water partition coefficient (Wildman–Crippen LogP) is 2.03. The number of hydrogen-bond donors (Lipinski definition) is 1. The Hall–Kier alpha value is -1.63. The van der Waals surface area contributed by atoms with Gasteiger partial charge in [-0.2, -0.15) is 0 Å². The Bertz CT molecular complexity index is 622. The molecule has 0 unspecified atom stereocenters.